The number of nitro benzene ring substituents is 2. The van der Waals surface area contributed by atoms with Crippen LogP contribution in [0, 0.1) is 31.6 Å². The van der Waals surface area contributed by atoms with Crippen LogP contribution in [-0.2, 0) is 11.0 Å². The highest BCUT2D eigenvalue weighted by atomic mass is 35.5. The number of nitrogens with zero attached hydrogens (tertiary/aromatic N) is 3. The molecule has 1 N–H and O–H groups in total. The fourth-order valence-electron chi connectivity index (χ4n) is 2.94. The van der Waals surface area contributed by atoms with Gasteiger partial charge >= 0.3 is 11.9 Å². The molecule has 0 saturated heterocycles. The van der Waals surface area contributed by atoms with Gasteiger partial charge in [-0.25, -0.2) is 0 Å². The van der Waals surface area contributed by atoms with Gasteiger partial charge < -0.3 is 10.1 Å². The van der Waals surface area contributed by atoms with Gasteiger partial charge in [-0.05, 0) is 48.0 Å². The van der Waals surface area contributed by atoms with Crippen molar-refractivity contribution in [1.82, 2.24) is 0 Å². The van der Waals surface area contributed by atoms with Gasteiger partial charge in [0.2, 0.25) is 5.75 Å². The van der Waals surface area contributed by atoms with Crippen LogP contribution in [0.5, 0.6) is 11.5 Å². The number of ether oxygens (including phenoxy) is 1. The Morgan fingerprint density at radius 2 is 1.73 bits per heavy atom. The quantitative estimate of drug-likeness (QED) is 0.158. The van der Waals surface area contributed by atoms with E-state index in [1.165, 1.54) is 24.3 Å². The van der Waals surface area contributed by atoms with Crippen LogP contribution in [-0.4, -0.2) is 15.8 Å². The first-order valence-electron chi connectivity index (χ1n) is 9.89. The minimum absolute atomic E-state index is 0.0669. The SMILES string of the molecule is N#C/C(=C\c1ccc(Oc2ccc([N+](=O)[O-])cc2[N+](=O)[O-])c(Cl)c1)C(=O)Nc1cccc(C(F)(F)F)c1. The van der Waals surface area contributed by atoms with Gasteiger partial charge in [-0.3, -0.25) is 25.0 Å². The molecule has 0 saturated carbocycles. The number of nitriles is 1. The maximum atomic E-state index is 12.9. The van der Waals surface area contributed by atoms with Gasteiger partial charge in [0.25, 0.3) is 11.6 Å². The number of rotatable bonds is 7. The molecule has 0 aromatic heterocycles. The minimum atomic E-state index is -4.62. The Morgan fingerprint density at radius 1 is 1.03 bits per heavy atom. The van der Waals surface area contributed by atoms with E-state index in [9.17, 15) is 43.5 Å². The first-order chi connectivity index (χ1) is 17.4. The van der Waals surface area contributed by atoms with Crippen molar-refractivity contribution in [1.29, 1.82) is 5.26 Å². The Labute approximate surface area is 210 Å². The summed E-state index contributed by atoms with van der Waals surface area (Å²) in [5, 5.41) is 33.6. The summed E-state index contributed by atoms with van der Waals surface area (Å²) in [7, 11) is 0. The lowest BCUT2D eigenvalue weighted by Crippen LogP contribution is -2.14. The van der Waals surface area contributed by atoms with Crippen LogP contribution in [0.4, 0.5) is 30.2 Å². The van der Waals surface area contributed by atoms with Crippen LogP contribution >= 0.6 is 11.6 Å². The van der Waals surface area contributed by atoms with Crippen molar-refractivity contribution < 1.29 is 32.5 Å². The van der Waals surface area contributed by atoms with Crippen molar-refractivity contribution in [3.8, 4) is 17.6 Å². The highest BCUT2D eigenvalue weighted by molar-refractivity contribution is 6.32. The molecule has 0 aliphatic heterocycles. The monoisotopic (exact) mass is 532 g/mol. The van der Waals surface area contributed by atoms with Crippen LogP contribution in [0.15, 0.2) is 66.2 Å². The summed E-state index contributed by atoms with van der Waals surface area (Å²) in [4.78, 5) is 32.9. The Hall–Kier alpha value is -4.96. The van der Waals surface area contributed by atoms with E-state index >= 15 is 0 Å². The summed E-state index contributed by atoms with van der Waals surface area (Å²) in [5.41, 5.74) is -2.57. The van der Waals surface area contributed by atoms with Crippen molar-refractivity contribution in [2.24, 2.45) is 0 Å². The van der Waals surface area contributed by atoms with Gasteiger partial charge in [-0.15, -0.1) is 0 Å². The Bertz CT molecular complexity index is 1480. The lowest BCUT2D eigenvalue weighted by molar-refractivity contribution is -0.394. The highest BCUT2D eigenvalue weighted by Gasteiger charge is 2.30. The van der Waals surface area contributed by atoms with Gasteiger partial charge in [-0.1, -0.05) is 23.7 Å². The number of hydrogen-bond donors (Lipinski definition) is 1. The first-order valence-corrected chi connectivity index (χ1v) is 10.3. The Kier molecular flexibility index (Phi) is 7.74. The first kappa shape index (κ1) is 26.6. The fraction of sp³-hybridized carbons (Fsp3) is 0.0435. The van der Waals surface area contributed by atoms with E-state index in [0.29, 0.717) is 6.07 Å². The zero-order chi connectivity index (χ0) is 27.3. The largest absolute Gasteiger partial charge is 0.449 e. The fourth-order valence-corrected chi connectivity index (χ4v) is 3.17. The molecule has 188 valence electrons. The van der Waals surface area contributed by atoms with Gasteiger partial charge in [0.15, 0.2) is 0 Å². The molecule has 0 fully saturated rings. The second-order valence-electron chi connectivity index (χ2n) is 7.16. The van der Waals surface area contributed by atoms with Gasteiger partial charge in [0.05, 0.1) is 26.5 Å². The number of nitro groups is 2. The molecule has 0 bridgehead atoms. The molecule has 0 radical (unpaired) electrons. The molecule has 3 aromatic rings. The average molecular weight is 533 g/mol. The minimum Gasteiger partial charge on any atom is -0.449 e. The molecule has 0 heterocycles. The summed E-state index contributed by atoms with van der Waals surface area (Å²) in [5.74, 6) is -1.36. The van der Waals surface area contributed by atoms with Crippen molar-refractivity contribution in [2.45, 2.75) is 6.18 Å². The molecule has 0 aliphatic carbocycles. The van der Waals surface area contributed by atoms with E-state index in [4.69, 9.17) is 16.3 Å². The van der Waals surface area contributed by atoms with Gasteiger partial charge in [0, 0.05) is 11.8 Å². The molecule has 0 atom stereocenters. The van der Waals surface area contributed by atoms with Gasteiger partial charge in [0.1, 0.15) is 17.4 Å². The van der Waals surface area contributed by atoms with Crippen molar-refractivity contribution in [3.05, 3.63) is 103 Å². The molecule has 3 rings (SSSR count). The molecule has 3 aromatic carbocycles. The third kappa shape index (κ3) is 6.59. The molecule has 0 unspecified atom stereocenters. The van der Waals surface area contributed by atoms with Crippen molar-refractivity contribution in [2.75, 3.05) is 5.32 Å². The summed E-state index contributed by atoms with van der Waals surface area (Å²) < 4.78 is 44.1. The number of carbonyl (C=O) groups excluding carboxylic acids is 1. The van der Waals surface area contributed by atoms with Crippen molar-refractivity contribution in [3.63, 3.8) is 0 Å². The number of halogens is 4. The predicted molar refractivity (Wildman–Crippen MR) is 125 cm³/mol. The van der Waals surface area contributed by atoms with Crippen molar-refractivity contribution >= 4 is 40.6 Å². The van der Waals surface area contributed by atoms with Gasteiger partial charge in [-0.2, -0.15) is 18.4 Å². The smallest absolute Gasteiger partial charge is 0.416 e. The van der Waals surface area contributed by atoms with E-state index in [1.54, 1.807) is 6.07 Å². The van der Waals surface area contributed by atoms with E-state index in [-0.39, 0.29) is 27.8 Å². The van der Waals surface area contributed by atoms with Crippen LogP contribution < -0.4 is 10.1 Å². The lowest BCUT2D eigenvalue weighted by Gasteiger charge is -2.10. The molecule has 14 heteroatoms. The zero-order valence-corrected chi connectivity index (χ0v) is 18.9. The zero-order valence-electron chi connectivity index (χ0n) is 18.2. The average Bonchev–Trinajstić information content (AvgIpc) is 2.83. The second-order valence-corrected chi connectivity index (χ2v) is 7.57. The van der Waals surface area contributed by atoms with Crippen LogP contribution in [0.2, 0.25) is 5.02 Å². The van der Waals surface area contributed by atoms with Crippen LogP contribution in [0.1, 0.15) is 11.1 Å². The Morgan fingerprint density at radius 3 is 2.32 bits per heavy atom. The molecular formula is C23H12ClF3N4O6. The Balaban J connectivity index is 1.83. The topological polar surface area (TPSA) is 148 Å². The number of carbonyl (C=O) groups is 1. The molecular weight excluding hydrogens is 521 g/mol. The number of benzene rings is 3. The summed E-state index contributed by atoms with van der Waals surface area (Å²) in [6.45, 7) is 0. The number of anilines is 1. The van der Waals surface area contributed by atoms with E-state index in [1.807, 2.05) is 0 Å². The lowest BCUT2D eigenvalue weighted by atomic mass is 10.1. The third-order valence-electron chi connectivity index (χ3n) is 4.65. The van der Waals surface area contributed by atoms with E-state index < -0.39 is 44.4 Å². The normalized spacial score (nSPS) is 11.4. The third-order valence-corrected chi connectivity index (χ3v) is 4.95. The number of non-ortho nitro benzene ring substituents is 1. The maximum absolute atomic E-state index is 12.9. The highest BCUT2D eigenvalue weighted by Crippen LogP contribution is 2.37. The second kappa shape index (κ2) is 10.8. The molecule has 0 spiro atoms. The molecule has 37 heavy (non-hydrogen) atoms. The van der Waals surface area contributed by atoms with Crippen LogP contribution in [0.3, 0.4) is 0 Å². The number of alkyl halides is 3. The standard InChI is InChI=1S/C23H12ClF3N4O6/c24-18-9-13(4-6-20(18)37-21-7-5-17(30(33)34)11-19(21)31(35)36)8-14(12-28)22(32)29-16-3-1-2-15(10-16)23(25,26)27/h1-11H,(H,29,32)/b14-8+. The maximum Gasteiger partial charge on any atom is 0.416 e. The summed E-state index contributed by atoms with van der Waals surface area (Å²) in [6, 6.07) is 12.2. The summed E-state index contributed by atoms with van der Waals surface area (Å²) >= 11 is 6.17. The molecule has 0 aliphatic rings. The van der Waals surface area contributed by atoms with Crippen LogP contribution in [0.25, 0.3) is 6.08 Å². The number of nitrogens with one attached hydrogen (secondary N) is 1. The van der Waals surface area contributed by atoms with E-state index in [0.717, 1.165) is 36.4 Å². The molecule has 10 nitrogen and oxygen atoms in total. The number of amides is 1. The summed E-state index contributed by atoms with van der Waals surface area (Å²) in [6.07, 6.45) is -3.50. The molecule has 1 amide bonds. The van der Waals surface area contributed by atoms with E-state index in [2.05, 4.69) is 5.32 Å². The number of hydrogen-bond acceptors (Lipinski definition) is 7. The predicted octanol–water partition coefficient (Wildman–Crippen LogP) is 6.51.